The number of oxime groups is 1. The number of aromatic nitrogens is 2. The van der Waals surface area contributed by atoms with E-state index in [1.165, 1.54) is 12.1 Å². The molecule has 2 aliphatic heterocycles. The van der Waals surface area contributed by atoms with Gasteiger partial charge in [-0.1, -0.05) is 29.4 Å². The fourth-order valence-electron chi connectivity index (χ4n) is 4.54. The largest absolute Gasteiger partial charge is 0.495 e. The van der Waals surface area contributed by atoms with Crippen molar-refractivity contribution in [3.8, 4) is 11.4 Å². The highest BCUT2D eigenvalue weighted by Gasteiger charge is 2.44. The maximum Gasteiger partial charge on any atom is 0.234 e. The first-order valence-corrected chi connectivity index (χ1v) is 11.7. The number of imidazole rings is 1. The Balaban J connectivity index is 1.41. The third-order valence-corrected chi connectivity index (χ3v) is 6.52. The molecule has 0 amide bonds. The van der Waals surface area contributed by atoms with Gasteiger partial charge in [-0.15, -0.1) is 0 Å². The Kier molecular flexibility index (Phi) is 6.30. The molecule has 2 atom stereocenters. The van der Waals surface area contributed by atoms with Crippen LogP contribution in [0.25, 0.3) is 11.8 Å². The zero-order valence-corrected chi connectivity index (χ0v) is 20.1. The van der Waals surface area contributed by atoms with Crippen LogP contribution in [-0.4, -0.2) is 46.7 Å². The topological polar surface area (TPSA) is 61.1 Å². The first-order chi connectivity index (χ1) is 17.0. The molecule has 2 unspecified atom stereocenters. The van der Waals surface area contributed by atoms with Crippen LogP contribution in [0, 0.1) is 12.7 Å². The van der Waals surface area contributed by atoms with E-state index in [1.807, 2.05) is 55.0 Å². The fourth-order valence-corrected chi connectivity index (χ4v) is 4.54. The van der Waals surface area contributed by atoms with Crippen LogP contribution in [-0.2, 0) is 15.3 Å². The lowest BCUT2D eigenvalue weighted by molar-refractivity contribution is -0.100. The highest BCUT2D eigenvalue weighted by atomic mass is 19.1. The van der Waals surface area contributed by atoms with E-state index in [4.69, 9.17) is 14.3 Å². The van der Waals surface area contributed by atoms with Gasteiger partial charge in [0.25, 0.3) is 0 Å². The second-order valence-corrected chi connectivity index (χ2v) is 8.96. The van der Waals surface area contributed by atoms with Gasteiger partial charge in [0.15, 0.2) is 5.84 Å². The molecule has 2 aliphatic rings. The van der Waals surface area contributed by atoms with Crippen LogP contribution in [0.1, 0.15) is 36.6 Å². The Morgan fingerprint density at radius 2 is 2.03 bits per heavy atom. The standard InChI is InChI=1S/C27H29FN4O3/c1-19-16-31(18-29-19)24-12-6-20(15-25(24)33-3)7-13-26-30-35-27(2,21-8-10-22(28)11-9-21)32(26)17-23-5-4-14-34-23/h6-13,15-16,18,23H,4-5,14,17H2,1-3H3/b13-7+. The van der Waals surface area contributed by atoms with E-state index in [1.54, 1.807) is 25.6 Å². The van der Waals surface area contributed by atoms with Crippen molar-refractivity contribution in [3.63, 3.8) is 0 Å². The lowest BCUT2D eigenvalue weighted by atomic mass is 10.0. The predicted octanol–water partition coefficient (Wildman–Crippen LogP) is 5.04. The van der Waals surface area contributed by atoms with Gasteiger partial charge in [-0.3, -0.25) is 0 Å². The number of amidine groups is 1. The van der Waals surface area contributed by atoms with E-state index in [-0.39, 0.29) is 11.9 Å². The van der Waals surface area contributed by atoms with E-state index < -0.39 is 5.72 Å². The van der Waals surface area contributed by atoms with Crippen molar-refractivity contribution in [2.75, 3.05) is 20.3 Å². The highest BCUT2D eigenvalue weighted by Crippen LogP contribution is 2.36. The monoisotopic (exact) mass is 476 g/mol. The SMILES string of the molecule is COc1cc(/C=C/C2=NOC(C)(c3ccc(F)cc3)N2CC2CCCO2)ccc1-n1cnc(C)c1. The summed E-state index contributed by atoms with van der Waals surface area (Å²) in [5.74, 6) is 1.13. The Morgan fingerprint density at radius 3 is 2.71 bits per heavy atom. The summed E-state index contributed by atoms with van der Waals surface area (Å²) in [6.07, 6.45) is 9.75. The zero-order chi connectivity index (χ0) is 24.4. The molecule has 0 saturated carbocycles. The molecule has 0 spiro atoms. The Hall–Kier alpha value is -3.65. The number of hydrogen-bond acceptors (Lipinski definition) is 6. The second kappa shape index (κ2) is 9.54. The van der Waals surface area contributed by atoms with Crippen LogP contribution in [0.15, 0.2) is 66.2 Å². The van der Waals surface area contributed by atoms with Gasteiger partial charge in [-0.05, 0) is 55.7 Å². The molecule has 7 nitrogen and oxygen atoms in total. The van der Waals surface area contributed by atoms with Crippen molar-refractivity contribution in [3.05, 3.63) is 83.7 Å². The number of rotatable bonds is 7. The van der Waals surface area contributed by atoms with Crippen molar-refractivity contribution in [1.29, 1.82) is 0 Å². The van der Waals surface area contributed by atoms with Crippen LogP contribution >= 0.6 is 0 Å². The van der Waals surface area contributed by atoms with Crippen molar-refractivity contribution in [1.82, 2.24) is 14.5 Å². The summed E-state index contributed by atoms with van der Waals surface area (Å²) in [7, 11) is 1.66. The Labute approximate surface area is 204 Å². The molecule has 35 heavy (non-hydrogen) atoms. The van der Waals surface area contributed by atoms with Gasteiger partial charge in [0.2, 0.25) is 5.72 Å². The maximum atomic E-state index is 13.6. The molecule has 2 aromatic carbocycles. The molecule has 0 radical (unpaired) electrons. The van der Waals surface area contributed by atoms with Gasteiger partial charge >= 0.3 is 0 Å². The molecule has 5 rings (SSSR count). The molecule has 0 bridgehead atoms. The van der Waals surface area contributed by atoms with Gasteiger partial charge in [0.05, 0.1) is 30.9 Å². The maximum absolute atomic E-state index is 13.6. The smallest absolute Gasteiger partial charge is 0.234 e. The number of hydrogen-bond donors (Lipinski definition) is 0. The van der Waals surface area contributed by atoms with Crippen LogP contribution < -0.4 is 4.74 Å². The van der Waals surface area contributed by atoms with E-state index in [2.05, 4.69) is 15.0 Å². The third-order valence-electron chi connectivity index (χ3n) is 6.52. The first kappa shape index (κ1) is 23.1. The zero-order valence-electron chi connectivity index (χ0n) is 20.1. The Morgan fingerprint density at radius 1 is 1.20 bits per heavy atom. The number of halogens is 1. The van der Waals surface area contributed by atoms with E-state index in [0.717, 1.165) is 47.7 Å². The number of aryl methyl sites for hydroxylation is 1. The summed E-state index contributed by atoms with van der Waals surface area (Å²) in [5.41, 5.74) is 2.77. The molecule has 0 aliphatic carbocycles. The van der Waals surface area contributed by atoms with Crippen LogP contribution in [0.2, 0.25) is 0 Å². The van der Waals surface area contributed by atoms with Crippen LogP contribution in [0.3, 0.4) is 0 Å². The van der Waals surface area contributed by atoms with Crippen LogP contribution in [0.5, 0.6) is 5.75 Å². The van der Waals surface area contributed by atoms with Gasteiger partial charge in [0.1, 0.15) is 11.6 Å². The summed E-state index contributed by atoms with van der Waals surface area (Å²) in [6.45, 7) is 5.29. The average Bonchev–Trinajstić information content (AvgIpc) is 3.61. The minimum atomic E-state index is -0.861. The van der Waals surface area contributed by atoms with Crippen molar-refractivity contribution in [2.24, 2.45) is 5.16 Å². The second-order valence-electron chi connectivity index (χ2n) is 8.96. The quantitative estimate of drug-likeness (QED) is 0.478. The highest BCUT2D eigenvalue weighted by molar-refractivity contribution is 5.97. The molecule has 3 aromatic rings. The minimum absolute atomic E-state index is 0.0908. The van der Waals surface area contributed by atoms with Gasteiger partial charge in [-0.25, -0.2) is 9.37 Å². The van der Waals surface area contributed by atoms with E-state index in [0.29, 0.717) is 12.4 Å². The third kappa shape index (κ3) is 4.66. The molecule has 1 fully saturated rings. The number of ether oxygens (including phenoxy) is 2. The molecule has 8 heteroatoms. The fraction of sp³-hybridized carbons (Fsp3) is 0.333. The summed E-state index contributed by atoms with van der Waals surface area (Å²) < 4.78 is 27.1. The molecular weight excluding hydrogens is 447 g/mol. The number of methoxy groups -OCH3 is 1. The lowest BCUT2D eigenvalue weighted by Crippen LogP contribution is -2.47. The van der Waals surface area contributed by atoms with Gasteiger partial charge in [0, 0.05) is 31.8 Å². The molecular formula is C27H29FN4O3. The summed E-state index contributed by atoms with van der Waals surface area (Å²) in [4.78, 5) is 12.4. The van der Waals surface area contributed by atoms with Crippen molar-refractivity contribution in [2.45, 2.75) is 38.5 Å². The summed E-state index contributed by atoms with van der Waals surface area (Å²) >= 11 is 0. The number of benzene rings is 2. The molecule has 0 N–H and O–H groups in total. The molecule has 182 valence electrons. The van der Waals surface area contributed by atoms with Crippen molar-refractivity contribution >= 4 is 11.9 Å². The minimum Gasteiger partial charge on any atom is -0.495 e. The van der Waals surface area contributed by atoms with E-state index >= 15 is 0 Å². The molecule has 1 aromatic heterocycles. The molecule has 1 saturated heterocycles. The Bertz CT molecular complexity index is 1250. The predicted molar refractivity (Wildman–Crippen MR) is 132 cm³/mol. The van der Waals surface area contributed by atoms with Crippen LogP contribution in [0.4, 0.5) is 4.39 Å². The normalized spacial score (nSPS) is 22.0. The number of nitrogens with zero attached hydrogens (tertiary/aromatic N) is 4. The lowest BCUT2D eigenvalue weighted by Gasteiger charge is -2.35. The van der Waals surface area contributed by atoms with Crippen molar-refractivity contribution < 1.29 is 18.7 Å². The van der Waals surface area contributed by atoms with Gasteiger partial charge in [-0.2, -0.15) is 0 Å². The first-order valence-electron chi connectivity index (χ1n) is 11.7. The summed E-state index contributed by atoms with van der Waals surface area (Å²) in [6, 6.07) is 12.3. The van der Waals surface area contributed by atoms with E-state index in [9.17, 15) is 4.39 Å². The van der Waals surface area contributed by atoms with Gasteiger partial charge < -0.3 is 23.8 Å². The average molecular weight is 477 g/mol. The summed E-state index contributed by atoms with van der Waals surface area (Å²) in [5, 5.41) is 4.40. The molecule has 3 heterocycles.